The highest BCUT2D eigenvalue weighted by Gasteiger charge is 2.39. The predicted molar refractivity (Wildman–Crippen MR) is 115 cm³/mol. The lowest BCUT2D eigenvalue weighted by Crippen LogP contribution is -2.52. The summed E-state index contributed by atoms with van der Waals surface area (Å²) in [6, 6.07) is 9.48. The number of aryl methyl sites for hydroxylation is 1. The van der Waals surface area contributed by atoms with Gasteiger partial charge in [0.05, 0.1) is 0 Å². The van der Waals surface area contributed by atoms with E-state index in [9.17, 15) is 19.2 Å². The van der Waals surface area contributed by atoms with E-state index in [1.165, 1.54) is 4.90 Å². The van der Waals surface area contributed by atoms with Gasteiger partial charge in [-0.3, -0.25) is 19.7 Å². The zero-order chi connectivity index (χ0) is 22.1. The molecular formula is C22H21ClN4O4. The molecule has 8 nitrogen and oxygen atoms in total. The van der Waals surface area contributed by atoms with Crippen LogP contribution in [0.3, 0.4) is 0 Å². The Morgan fingerprint density at radius 1 is 1.23 bits per heavy atom. The van der Waals surface area contributed by atoms with Gasteiger partial charge < -0.3 is 15.5 Å². The van der Waals surface area contributed by atoms with Crippen molar-refractivity contribution >= 4 is 41.0 Å². The lowest BCUT2D eigenvalue weighted by atomic mass is 10.0. The molecule has 0 radical (unpaired) electrons. The number of amides is 5. The van der Waals surface area contributed by atoms with Crippen molar-refractivity contribution in [1.29, 1.82) is 0 Å². The summed E-state index contributed by atoms with van der Waals surface area (Å²) in [5.41, 5.74) is 3.56. The fraction of sp³-hybridized carbons (Fsp3) is 0.273. The van der Waals surface area contributed by atoms with Crippen molar-refractivity contribution in [3.05, 3.63) is 63.7 Å². The Hall–Kier alpha value is -3.39. The van der Waals surface area contributed by atoms with Gasteiger partial charge in [0.25, 0.3) is 5.91 Å². The van der Waals surface area contributed by atoms with Crippen molar-refractivity contribution < 1.29 is 19.2 Å². The Kier molecular flexibility index (Phi) is 5.65. The molecule has 0 aliphatic carbocycles. The summed E-state index contributed by atoms with van der Waals surface area (Å²) in [4.78, 5) is 50.3. The summed E-state index contributed by atoms with van der Waals surface area (Å²) in [7, 11) is 0. The standard InChI is InChI=1S/C22H21ClN4O4/c1-12-5-6-14(9-17(12)23)25-22(31)24-10-13-3-2-4-15-16(13)11-27(21(15)30)18-7-8-19(28)26-20(18)29/h2-6,9,18H,7-8,10-11H2,1H3,(H2,24,25,31)(H,26,28,29). The normalized spacial score (nSPS) is 17.9. The second-order valence-electron chi connectivity index (χ2n) is 7.61. The monoisotopic (exact) mass is 440 g/mol. The molecule has 1 atom stereocenters. The predicted octanol–water partition coefficient (Wildman–Crippen LogP) is 2.73. The number of hydrogen-bond acceptors (Lipinski definition) is 4. The van der Waals surface area contributed by atoms with Gasteiger partial charge in [-0.25, -0.2) is 4.79 Å². The number of imide groups is 1. The number of carbonyl (C=O) groups excluding carboxylic acids is 4. The number of halogens is 1. The fourth-order valence-corrected chi connectivity index (χ4v) is 4.02. The van der Waals surface area contributed by atoms with Crippen LogP contribution in [0.5, 0.6) is 0 Å². The molecule has 1 saturated heterocycles. The summed E-state index contributed by atoms with van der Waals surface area (Å²) in [6.45, 7) is 2.35. The summed E-state index contributed by atoms with van der Waals surface area (Å²) >= 11 is 6.09. The number of piperidine rings is 1. The minimum atomic E-state index is -0.673. The maximum atomic E-state index is 12.9. The Balaban J connectivity index is 1.43. The molecule has 2 aliphatic rings. The Bertz CT molecular complexity index is 1100. The Morgan fingerprint density at radius 3 is 2.77 bits per heavy atom. The average molecular weight is 441 g/mol. The van der Waals surface area contributed by atoms with Crippen molar-refractivity contribution in [3.63, 3.8) is 0 Å². The molecule has 5 amide bonds. The van der Waals surface area contributed by atoms with E-state index in [-0.39, 0.29) is 31.3 Å². The van der Waals surface area contributed by atoms with E-state index < -0.39 is 18.0 Å². The van der Waals surface area contributed by atoms with Crippen LogP contribution >= 0.6 is 11.6 Å². The van der Waals surface area contributed by atoms with Gasteiger partial charge in [0, 0.05) is 35.8 Å². The van der Waals surface area contributed by atoms with Crippen LogP contribution in [0.15, 0.2) is 36.4 Å². The lowest BCUT2D eigenvalue weighted by Gasteiger charge is -2.29. The van der Waals surface area contributed by atoms with E-state index in [1.807, 2.05) is 19.1 Å². The number of carbonyl (C=O) groups is 4. The third kappa shape index (κ3) is 4.25. The Morgan fingerprint density at radius 2 is 2.03 bits per heavy atom. The largest absolute Gasteiger partial charge is 0.334 e. The number of fused-ring (bicyclic) bond motifs is 1. The zero-order valence-corrected chi connectivity index (χ0v) is 17.6. The van der Waals surface area contributed by atoms with Crippen LogP contribution in [0.2, 0.25) is 5.02 Å². The number of urea groups is 1. The average Bonchev–Trinajstić information content (AvgIpc) is 3.06. The number of rotatable bonds is 4. The number of nitrogens with zero attached hydrogens (tertiary/aromatic N) is 1. The first-order chi connectivity index (χ1) is 14.8. The summed E-state index contributed by atoms with van der Waals surface area (Å²) in [5.74, 6) is -1.02. The maximum Gasteiger partial charge on any atom is 0.319 e. The minimum Gasteiger partial charge on any atom is -0.334 e. The molecule has 1 unspecified atom stereocenters. The molecule has 0 bridgehead atoms. The quantitative estimate of drug-likeness (QED) is 0.635. The van der Waals surface area contributed by atoms with E-state index in [4.69, 9.17) is 11.6 Å². The summed E-state index contributed by atoms with van der Waals surface area (Å²) in [6.07, 6.45) is 0.508. The van der Waals surface area contributed by atoms with Crippen LogP contribution in [0.1, 0.15) is 39.9 Å². The molecule has 0 saturated carbocycles. The molecule has 0 aromatic heterocycles. The molecule has 0 spiro atoms. The second-order valence-corrected chi connectivity index (χ2v) is 8.02. The van der Waals surface area contributed by atoms with Crippen LogP contribution in [-0.2, 0) is 22.7 Å². The number of hydrogen-bond donors (Lipinski definition) is 3. The first-order valence-electron chi connectivity index (χ1n) is 9.90. The maximum absolute atomic E-state index is 12.9. The zero-order valence-electron chi connectivity index (χ0n) is 16.8. The molecule has 9 heteroatoms. The fourth-order valence-electron chi connectivity index (χ4n) is 3.84. The Labute approximate surface area is 183 Å². The number of anilines is 1. The molecule has 160 valence electrons. The minimum absolute atomic E-state index is 0.203. The van der Waals surface area contributed by atoms with Gasteiger partial charge in [0.15, 0.2) is 0 Å². The first kappa shape index (κ1) is 20.9. The lowest BCUT2D eigenvalue weighted by molar-refractivity contribution is -0.136. The van der Waals surface area contributed by atoms with Gasteiger partial charge in [-0.15, -0.1) is 0 Å². The van der Waals surface area contributed by atoms with Crippen molar-refractivity contribution in [2.45, 2.75) is 38.9 Å². The van der Waals surface area contributed by atoms with Gasteiger partial charge in [-0.1, -0.05) is 29.8 Å². The molecule has 2 aliphatic heterocycles. The topological polar surface area (TPSA) is 108 Å². The highest BCUT2D eigenvalue weighted by atomic mass is 35.5. The summed E-state index contributed by atoms with van der Waals surface area (Å²) in [5, 5.41) is 8.37. The van der Waals surface area contributed by atoms with Crippen molar-refractivity contribution in [1.82, 2.24) is 15.5 Å². The van der Waals surface area contributed by atoms with Crippen LogP contribution in [-0.4, -0.2) is 34.7 Å². The first-order valence-corrected chi connectivity index (χ1v) is 10.3. The summed E-state index contributed by atoms with van der Waals surface area (Å²) < 4.78 is 0. The van der Waals surface area contributed by atoms with E-state index in [0.29, 0.717) is 22.7 Å². The van der Waals surface area contributed by atoms with Crippen molar-refractivity contribution in [2.24, 2.45) is 0 Å². The van der Waals surface area contributed by atoms with Crippen LogP contribution in [0, 0.1) is 6.92 Å². The smallest absolute Gasteiger partial charge is 0.319 e. The number of nitrogens with one attached hydrogen (secondary N) is 3. The van der Waals surface area contributed by atoms with E-state index >= 15 is 0 Å². The highest BCUT2D eigenvalue weighted by Crippen LogP contribution is 2.29. The molecule has 31 heavy (non-hydrogen) atoms. The van der Waals surface area contributed by atoms with Crippen LogP contribution < -0.4 is 16.0 Å². The van der Waals surface area contributed by atoms with Crippen molar-refractivity contribution in [3.8, 4) is 0 Å². The highest BCUT2D eigenvalue weighted by molar-refractivity contribution is 6.31. The van der Waals surface area contributed by atoms with Crippen molar-refractivity contribution in [2.75, 3.05) is 5.32 Å². The molecule has 3 N–H and O–H groups in total. The molecular weight excluding hydrogens is 420 g/mol. The third-order valence-corrected chi connectivity index (χ3v) is 5.96. The van der Waals surface area contributed by atoms with Gasteiger partial charge in [0.1, 0.15) is 6.04 Å². The SMILES string of the molecule is Cc1ccc(NC(=O)NCc2cccc3c2CN(C2CCC(=O)NC2=O)C3=O)cc1Cl. The van der Waals surface area contributed by atoms with Crippen LogP contribution in [0.4, 0.5) is 10.5 Å². The van der Waals surface area contributed by atoms with Gasteiger partial charge >= 0.3 is 6.03 Å². The van der Waals surface area contributed by atoms with E-state index in [2.05, 4.69) is 16.0 Å². The molecule has 2 aromatic rings. The second kappa shape index (κ2) is 8.39. The molecule has 1 fully saturated rings. The van der Waals surface area contributed by atoms with Crippen LogP contribution in [0.25, 0.3) is 0 Å². The molecule has 2 heterocycles. The van der Waals surface area contributed by atoms with Gasteiger partial charge in [-0.2, -0.15) is 0 Å². The molecule has 2 aromatic carbocycles. The number of benzene rings is 2. The van der Waals surface area contributed by atoms with Gasteiger partial charge in [-0.05, 0) is 48.2 Å². The molecule has 4 rings (SSSR count). The van der Waals surface area contributed by atoms with E-state index in [1.54, 1.807) is 24.3 Å². The third-order valence-electron chi connectivity index (χ3n) is 5.55. The van der Waals surface area contributed by atoms with Gasteiger partial charge in [0.2, 0.25) is 11.8 Å². The van der Waals surface area contributed by atoms with E-state index in [0.717, 1.165) is 16.7 Å².